The maximum absolute atomic E-state index is 6.05. The lowest BCUT2D eigenvalue weighted by molar-refractivity contribution is 1.01. The molecule has 0 aliphatic rings. The molecule has 0 aliphatic carbocycles. The van der Waals surface area contributed by atoms with Gasteiger partial charge in [0.1, 0.15) is 0 Å². The van der Waals surface area contributed by atoms with Crippen LogP contribution in [0.15, 0.2) is 346 Å². The Kier molecular flexibility index (Phi) is 12.8. The number of rotatable bonds is 11. The van der Waals surface area contributed by atoms with Crippen LogP contribution in [0.1, 0.15) is 0 Å². The summed E-state index contributed by atoms with van der Waals surface area (Å²) in [5.41, 5.74) is 26.4. The van der Waals surface area contributed by atoms with Crippen LogP contribution in [0.5, 0.6) is 0 Å². The number of hydrogen-bond donors (Lipinski definition) is 0. The van der Waals surface area contributed by atoms with E-state index in [1.807, 2.05) is 12.4 Å². The summed E-state index contributed by atoms with van der Waals surface area (Å²) in [5, 5.41) is 6.85. The lowest BCUT2D eigenvalue weighted by Gasteiger charge is -2.24. The molecular weight excluding hydrogens is 1130 g/mol. The van der Waals surface area contributed by atoms with Crippen molar-refractivity contribution in [2.75, 3.05) is 0 Å². The zero-order valence-electron chi connectivity index (χ0n) is 50.6. The monoisotopic (exact) mass is 1180 g/mol. The molecule has 0 radical (unpaired) electrons. The average molecular weight is 1180 g/mol. The topological polar surface area (TPSA) is 40.6 Å². The van der Waals surface area contributed by atoms with Crippen molar-refractivity contribution < 1.29 is 0 Å². The van der Waals surface area contributed by atoms with Gasteiger partial charge in [-0.2, -0.15) is 0 Å². The van der Waals surface area contributed by atoms with Crippen LogP contribution < -0.4 is 0 Å². The first-order valence-electron chi connectivity index (χ1n) is 31.8. The smallest absolute Gasteiger partial charge is 0.162 e. The Morgan fingerprint density at radius 3 is 0.763 bits per heavy atom. The molecule has 0 N–H and O–H groups in total. The van der Waals surface area contributed by atoms with Crippen LogP contribution in [0.3, 0.4) is 0 Å². The molecule has 0 atom stereocenters. The fourth-order valence-corrected chi connectivity index (χ4v) is 14.3. The van der Waals surface area contributed by atoms with Crippen LogP contribution in [0.4, 0.5) is 0 Å². The number of pyridine rings is 2. The van der Waals surface area contributed by atoms with E-state index in [1.165, 1.54) is 0 Å². The first-order chi connectivity index (χ1) is 46.1. The van der Waals surface area contributed by atoms with Crippen molar-refractivity contribution in [3.8, 4) is 106 Å². The number of hydrogen-bond acceptors (Lipinski definition) is 2. The second kappa shape index (κ2) is 22.2. The van der Waals surface area contributed by atoms with Gasteiger partial charge in [-0.05, 0) is 168 Å². The van der Waals surface area contributed by atoms with Crippen molar-refractivity contribution in [2.45, 2.75) is 0 Å². The molecule has 0 spiro atoms. The lowest BCUT2D eigenvalue weighted by atomic mass is 9.98. The van der Waals surface area contributed by atoms with Gasteiger partial charge in [0, 0.05) is 50.3 Å². The summed E-state index contributed by atoms with van der Waals surface area (Å²) in [4.78, 5) is 10.5. The van der Waals surface area contributed by atoms with E-state index in [1.54, 1.807) is 0 Å². The minimum Gasteiger partial charge on any atom is -0.307 e. The molecule has 13 aromatic carbocycles. The van der Waals surface area contributed by atoms with E-state index in [4.69, 9.17) is 4.98 Å². The van der Waals surface area contributed by atoms with Crippen LogP contribution in [0.25, 0.3) is 172 Å². The highest BCUT2D eigenvalue weighted by Gasteiger charge is 2.29. The Labute approximate surface area is 538 Å². The normalized spacial score (nSPS) is 11.7. The first-order valence-corrected chi connectivity index (χ1v) is 31.8. The molecule has 0 amide bonds. The molecule has 5 heteroatoms. The molecule has 5 heterocycles. The highest BCUT2D eigenvalue weighted by atomic mass is 15.1. The van der Waals surface area contributed by atoms with Crippen molar-refractivity contribution in [3.63, 3.8) is 0 Å². The highest BCUT2D eigenvalue weighted by Crippen LogP contribution is 2.48. The van der Waals surface area contributed by atoms with Crippen LogP contribution in [-0.4, -0.2) is 23.7 Å². The molecule has 0 saturated carbocycles. The van der Waals surface area contributed by atoms with E-state index in [0.717, 1.165) is 172 Å². The molecule has 0 saturated heterocycles. The minimum atomic E-state index is 0.795. The second-order valence-electron chi connectivity index (χ2n) is 24.1. The molecule has 0 aliphatic heterocycles. The van der Waals surface area contributed by atoms with Gasteiger partial charge >= 0.3 is 0 Å². The molecule has 0 unspecified atom stereocenters. The first kappa shape index (κ1) is 53.6. The molecule has 0 fully saturated rings. The standard InChI is InChI=1S/C88H57N5/c1-7-19-58(20-8-1)67-35-41-79-73(51-67)74-52-68(59-21-9-2-10-22-59)36-42-80(74)91(79)85-57-90-88(93-83-45-39-71(62-27-15-5-16-28-62)55-77(83)78-56-72(40-46-84(78)93)63-29-17-6-18-30-63)87(86(85)66-33-31-64(32-34-66)65-47-49-89-50-48-65)92-81-43-37-69(60-23-11-3-12-24-60)53-75(81)76-54-70(38-44-82(76)92)61-25-13-4-14-26-61/h1-57H. The van der Waals surface area contributed by atoms with E-state index >= 15 is 0 Å². The van der Waals surface area contributed by atoms with E-state index in [9.17, 15) is 0 Å². The number of nitrogens with zero attached hydrogens (tertiary/aromatic N) is 5. The summed E-state index contributed by atoms with van der Waals surface area (Å²) in [6, 6.07) is 120. The lowest BCUT2D eigenvalue weighted by Crippen LogP contribution is -2.11. The summed E-state index contributed by atoms with van der Waals surface area (Å²) < 4.78 is 7.47. The summed E-state index contributed by atoms with van der Waals surface area (Å²) in [5.74, 6) is 0.795. The molecule has 0 bridgehead atoms. The summed E-state index contributed by atoms with van der Waals surface area (Å²) in [7, 11) is 0. The number of fused-ring (bicyclic) bond motifs is 9. The molecule has 434 valence electrons. The maximum Gasteiger partial charge on any atom is 0.162 e. The quantitative estimate of drug-likeness (QED) is 0.129. The van der Waals surface area contributed by atoms with Crippen molar-refractivity contribution in [1.82, 2.24) is 23.7 Å². The van der Waals surface area contributed by atoms with Crippen LogP contribution in [0, 0.1) is 0 Å². The molecule has 18 rings (SSSR count). The Hall–Kier alpha value is -12.4. The maximum atomic E-state index is 6.05. The molecule has 5 aromatic heterocycles. The largest absolute Gasteiger partial charge is 0.307 e. The summed E-state index contributed by atoms with van der Waals surface area (Å²) in [6.45, 7) is 0. The molecule has 18 aromatic rings. The third-order valence-corrected chi connectivity index (χ3v) is 18.8. The van der Waals surface area contributed by atoms with E-state index in [0.29, 0.717) is 0 Å². The third kappa shape index (κ3) is 9.16. The third-order valence-electron chi connectivity index (χ3n) is 18.8. The van der Waals surface area contributed by atoms with Gasteiger partial charge in [0.25, 0.3) is 0 Å². The average Bonchev–Trinajstić information content (AvgIpc) is 1.60. The van der Waals surface area contributed by atoms with Gasteiger partial charge in [-0.1, -0.05) is 243 Å². The van der Waals surface area contributed by atoms with Crippen LogP contribution >= 0.6 is 0 Å². The Morgan fingerprint density at radius 2 is 0.452 bits per heavy atom. The second-order valence-corrected chi connectivity index (χ2v) is 24.1. The summed E-state index contributed by atoms with van der Waals surface area (Å²) >= 11 is 0. The Balaban J connectivity index is 1.02. The zero-order chi connectivity index (χ0) is 61.3. The van der Waals surface area contributed by atoms with Crippen LogP contribution in [0.2, 0.25) is 0 Å². The van der Waals surface area contributed by atoms with E-state index in [2.05, 4.69) is 352 Å². The van der Waals surface area contributed by atoms with Gasteiger partial charge in [-0.15, -0.1) is 0 Å². The fourth-order valence-electron chi connectivity index (χ4n) is 14.3. The van der Waals surface area contributed by atoms with Crippen molar-refractivity contribution >= 4 is 65.4 Å². The van der Waals surface area contributed by atoms with Gasteiger partial charge < -0.3 is 9.13 Å². The van der Waals surface area contributed by atoms with Gasteiger partial charge in [0.15, 0.2) is 5.82 Å². The SMILES string of the molecule is c1ccc(-c2ccc3c(c2)c2cc(-c4ccccc4)ccc2n3-c2cnc(-n3c4ccc(-c5ccccc5)cc4c4cc(-c5ccccc5)ccc43)c(-n3c4ccc(-c5ccccc5)cc4c4cc(-c5ccccc5)ccc43)c2-c2ccc(-c3ccncc3)cc2)cc1. The predicted molar refractivity (Wildman–Crippen MR) is 389 cm³/mol. The molecule has 93 heavy (non-hydrogen) atoms. The Morgan fingerprint density at radius 1 is 0.204 bits per heavy atom. The summed E-state index contributed by atoms with van der Waals surface area (Å²) in [6.07, 6.45) is 5.90. The van der Waals surface area contributed by atoms with E-state index < -0.39 is 0 Å². The fraction of sp³-hybridized carbons (Fsp3) is 0. The minimum absolute atomic E-state index is 0.795. The number of benzene rings is 13. The van der Waals surface area contributed by atoms with E-state index in [-0.39, 0.29) is 0 Å². The van der Waals surface area contributed by atoms with Crippen molar-refractivity contribution in [1.29, 1.82) is 0 Å². The van der Waals surface area contributed by atoms with Crippen molar-refractivity contribution in [2.24, 2.45) is 0 Å². The molecule has 5 nitrogen and oxygen atoms in total. The zero-order valence-corrected chi connectivity index (χ0v) is 50.6. The molecular formula is C88H57N5. The van der Waals surface area contributed by atoms with Gasteiger partial charge in [0.05, 0.1) is 50.7 Å². The van der Waals surface area contributed by atoms with Crippen molar-refractivity contribution in [3.05, 3.63) is 346 Å². The Bertz CT molecular complexity index is 5570. The highest BCUT2D eigenvalue weighted by molar-refractivity contribution is 6.16. The predicted octanol–water partition coefficient (Wildman–Crippen LogP) is 23.1. The van der Waals surface area contributed by atoms with Crippen LogP contribution in [-0.2, 0) is 0 Å². The number of aromatic nitrogens is 5. The van der Waals surface area contributed by atoms with Gasteiger partial charge in [0.2, 0.25) is 0 Å². The van der Waals surface area contributed by atoms with Gasteiger partial charge in [-0.25, -0.2) is 4.98 Å². The van der Waals surface area contributed by atoms with Gasteiger partial charge in [-0.3, -0.25) is 9.55 Å².